The van der Waals surface area contributed by atoms with Gasteiger partial charge in [-0.25, -0.2) is 0 Å². The van der Waals surface area contributed by atoms with Crippen LogP contribution in [-0.4, -0.2) is 11.4 Å². The van der Waals surface area contributed by atoms with Crippen molar-refractivity contribution in [3.63, 3.8) is 0 Å². The molecular weight excluding hydrogens is 210 g/mol. The van der Waals surface area contributed by atoms with Gasteiger partial charge in [0, 0.05) is 12.5 Å². The van der Waals surface area contributed by atoms with Crippen molar-refractivity contribution < 1.29 is 4.79 Å². The van der Waals surface area contributed by atoms with Crippen LogP contribution in [0.3, 0.4) is 0 Å². The second kappa shape index (κ2) is 5.35. The smallest absolute Gasteiger partial charge is 0.217 e. The number of amides is 1. The molecule has 0 spiro atoms. The molecule has 2 nitrogen and oxygen atoms in total. The van der Waals surface area contributed by atoms with E-state index in [-0.39, 0.29) is 11.4 Å². The molecule has 0 bridgehead atoms. The predicted molar refractivity (Wildman–Crippen MR) is 69.8 cm³/mol. The van der Waals surface area contributed by atoms with E-state index in [1.165, 1.54) is 24.8 Å². The van der Waals surface area contributed by atoms with Crippen molar-refractivity contribution in [3.8, 4) is 0 Å². The third-order valence-electron chi connectivity index (χ3n) is 3.64. The third kappa shape index (κ3) is 3.32. The Labute approximate surface area is 103 Å². The summed E-state index contributed by atoms with van der Waals surface area (Å²) >= 11 is 0. The van der Waals surface area contributed by atoms with E-state index in [9.17, 15) is 4.79 Å². The molecule has 0 saturated heterocycles. The van der Waals surface area contributed by atoms with Gasteiger partial charge in [-0.3, -0.25) is 4.79 Å². The fraction of sp³-hybridized carbons (Fsp3) is 0.533. The molecule has 1 amide bonds. The zero-order valence-corrected chi connectivity index (χ0v) is 10.5. The summed E-state index contributed by atoms with van der Waals surface area (Å²) in [6, 6.07) is 10.5. The van der Waals surface area contributed by atoms with Crippen LogP contribution in [0.25, 0.3) is 0 Å². The molecule has 1 aliphatic rings. The number of carbonyl (C=O) groups excluding carboxylic acids is 1. The normalized spacial score (nSPS) is 18.6. The molecule has 2 heteroatoms. The predicted octanol–water partition coefficient (Wildman–Crippen LogP) is 3.07. The Hall–Kier alpha value is -1.31. The lowest BCUT2D eigenvalue weighted by atomic mass is 9.77. The first kappa shape index (κ1) is 12.2. The SMILES string of the molecule is CC(=O)NC1(Cc2ccccc2)CCCCC1. The van der Waals surface area contributed by atoms with Crippen LogP contribution < -0.4 is 5.32 Å². The summed E-state index contributed by atoms with van der Waals surface area (Å²) in [5.74, 6) is 0.0998. The van der Waals surface area contributed by atoms with Crippen molar-refractivity contribution in [3.05, 3.63) is 35.9 Å². The van der Waals surface area contributed by atoms with E-state index in [0.29, 0.717) is 0 Å². The van der Waals surface area contributed by atoms with E-state index in [2.05, 4.69) is 29.6 Å². The average molecular weight is 231 g/mol. The van der Waals surface area contributed by atoms with E-state index >= 15 is 0 Å². The zero-order chi connectivity index (χ0) is 12.1. The van der Waals surface area contributed by atoms with Crippen molar-refractivity contribution in [1.29, 1.82) is 0 Å². The maximum absolute atomic E-state index is 11.4. The van der Waals surface area contributed by atoms with Crippen LogP contribution in [0.5, 0.6) is 0 Å². The Balaban J connectivity index is 2.12. The van der Waals surface area contributed by atoms with Gasteiger partial charge in [-0.05, 0) is 24.8 Å². The molecular formula is C15H21NO. The van der Waals surface area contributed by atoms with Gasteiger partial charge in [-0.1, -0.05) is 49.6 Å². The summed E-state index contributed by atoms with van der Waals surface area (Å²) in [7, 11) is 0. The fourth-order valence-electron chi connectivity index (χ4n) is 2.93. The molecule has 0 radical (unpaired) electrons. The van der Waals surface area contributed by atoms with Gasteiger partial charge < -0.3 is 5.32 Å². The van der Waals surface area contributed by atoms with Gasteiger partial charge in [0.1, 0.15) is 0 Å². The summed E-state index contributed by atoms with van der Waals surface area (Å²) in [5.41, 5.74) is 1.33. The summed E-state index contributed by atoms with van der Waals surface area (Å²) in [6.45, 7) is 1.63. The Kier molecular flexibility index (Phi) is 3.82. The van der Waals surface area contributed by atoms with E-state index in [1.807, 2.05) is 6.07 Å². The molecule has 0 aliphatic heterocycles. The van der Waals surface area contributed by atoms with Gasteiger partial charge in [0.2, 0.25) is 5.91 Å². The highest BCUT2D eigenvalue weighted by Gasteiger charge is 2.32. The molecule has 1 aliphatic carbocycles. The Morgan fingerprint density at radius 3 is 2.41 bits per heavy atom. The first-order valence-corrected chi connectivity index (χ1v) is 6.53. The van der Waals surface area contributed by atoms with Crippen molar-refractivity contribution in [2.24, 2.45) is 0 Å². The first-order chi connectivity index (χ1) is 8.20. The Bertz CT molecular complexity index is 366. The topological polar surface area (TPSA) is 29.1 Å². The molecule has 17 heavy (non-hydrogen) atoms. The maximum Gasteiger partial charge on any atom is 0.217 e. The lowest BCUT2D eigenvalue weighted by Crippen LogP contribution is -2.50. The molecule has 1 saturated carbocycles. The quantitative estimate of drug-likeness (QED) is 0.851. The summed E-state index contributed by atoms with van der Waals surface area (Å²) < 4.78 is 0. The number of hydrogen-bond acceptors (Lipinski definition) is 1. The monoisotopic (exact) mass is 231 g/mol. The minimum Gasteiger partial charge on any atom is -0.351 e. The molecule has 1 aromatic carbocycles. The van der Waals surface area contributed by atoms with Gasteiger partial charge in [0.05, 0.1) is 0 Å². The third-order valence-corrected chi connectivity index (χ3v) is 3.64. The van der Waals surface area contributed by atoms with Crippen LogP contribution in [0.1, 0.15) is 44.6 Å². The van der Waals surface area contributed by atoms with Crippen LogP contribution in [0.4, 0.5) is 0 Å². The van der Waals surface area contributed by atoms with Gasteiger partial charge >= 0.3 is 0 Å². The first-order valence-electron chi connectivity index (χ1n) is 6.53. The number of benzene rings is 1. The average Bonchev–Trinajstić information content (AvgIpc) is 2.30. The highest BCUT2D eigenvalue weighted by atomic mass is 16.1. The molecule has 2 rings (SSSR count). The van der Waals surface area contributed by atoms with Crippen molar-refractivity contribution in [1.82, 2.24) is 5.32 Å². The number of rotatable bonds is 3. The van der Waals surface area contributed by atoms with E-state index in [0.717, 1.165) is 19.3 Å². The van der Waals surface area contributed by atoms with Crippen molar-refractivity contribution in [2.75, 3.05) is 0 Å². The van der Waals surface area contributed by atoms with Gasteiger partial charge in [0.25, 0.3) is 0 Å². The van der Waals surface area contributed by atoms with Gasteiger partial charge in [-0.15, -0.1) is 0 Å². The van der Waals surface area contributed by atoms with Crippen LogP contribution in [0, 0.1) is 0 Å². The minimum absolute atomic E-state index is 0.00539. The molecule has 1 aromatic rings. The molecule has 0 unspecified atom stereocenters. The zero-order valence-electron chi connectivity index (χ0n) is 10.5. The highest BCUT2D eigenvalue weighted by Crippen LogP contribution is 2.31. The van der Waals surface area contributed by atoms with E-state index in [4.69, 9.17) is 0 Å². The minimum atomic E-state index is 0.00539. The summed E-state index contributed by atoms with van der Waals surface area (Å²) in [4.78, 5) is 11.4. The number of nitrogens with one attached hydrogen (secondary N) is 1. The largest absolute Gasteiger partial charge is 0.351 e. The second-order valence-corrected chi connectivity index (χ2v) is 5.18. The lowest BCUT2D eigenvalue weighted by molar-refractivity contribution is -0.121. The highest BCUT2D eigenvalue weighted by molar-refractivity contribution is 5.73. The maximum atomic E-state index is 11.4. The number of hydrogen-bond donors (Lipinski definition) is 1. The molecule has 1 fully saturated rings. The molecule has 0 atom stereocenters. The standard InChI is InChI=1S/C15H21NO/c1-13(17)16-15(10-6-3-7-11-15)12-14-8-4-2-5-9-14/h2,4-5,8-9H,3,6-7,10-12H2,1H3,(H,16,17). The van der Waals surface area contributed by atoms with Crippen LogP contribution >= 0.6 is 0 Å². The van der Waals surface area contributed by atoms with E-state index in [1.54, 1.807) is 6.92 Å². The van der Waals surface area contributed by atoms with Crippen LogP contribution in [0.2, 0.25) is 0 Å². The second-order valence-electron chi connectivity index (χ2n) is 5.18. The molecule has 0 heterocycles. The van der Waals surface area contributed by atoms with E-state index < -0.39 is 0 Å². The van der Waals surface area contributed by atoms with Gasteiger partial charge in [-0.2, -0.15) is 0 Å². The Morgan fingerprint density at radius 1 is 1.18 bits per heavy atom. The van der Waals surface area contributed by atoms with Crippen molar-refractivity contribution >= 4 is 5.91 Å². The molecule has 92 valence electrons. The number of carbonyl (C=O) groups is 1. The fourth-order valence-corrected chi connectivity index (χ4v) is 2.93. The summed E-state index contributed by atoms with van der Waals surface area (Å²) in [6.07, 6.45) is 6.95. The molecule has 0 aromatic heterocycles. The Morgan fingerprint density at radius 2 is 1.82 bits per heavy atom. The van der Waals surface area contributed by atoms with Crippen LogP contribution in [-0.2, 0) is 11.2 Å². The lowest BCUT2D eigenvalue weighted by Gasteiger charge is -2.38. The molecule has 1 N–H and O–H groups in total. The summed E-state index contributed by atoms with van der Waals surface area (Å²) in [5, 5.41) is 3.20. The van der Waals surface area contributed by atoms with Crippen molar-refractivity contribution in [2.45, 2.75) is 51.0 Å². The van der Waals surface area contributed by atoms with Gasteiger partial charge in [0.15, 0.2) is 0 Å². The van der Waals surface area contributed by atoms with Crippen LogP contribution in [0.15, 0.2) is 30.3 Å².